The number of nitrogen functional groups attached to an aromatic ring is 1. The van der Waals surface area contributed by atoms with Crippen molar-refractivity contribution in [3.63, 3.8) is 0 Å². The topological polar surface area (TPSA) is 67.6 Å². The maximum Gasteiger partial charge on any atom is 0.172 e. The van der Waals surface area contributed by atoms with Crippen LogP contribution in [0.2, 0.25) is 5.02 Å². The van der Waals surface area contributed by atoms with Gasteiger partial charge in [-0.15, -0.1) is 0 Å². The van der Waals surface area contributed by atoms with Gasteiger partial charge in [-0.2, -0.15) is 0 Å². The molecule has 0 saturated carbocycles. The zero-order chi connectivity index (χ0) is 12.5. The number of anilines is 1. The van der Waals surface area contributed by atoms with E-state index in [2.05, 4.69) is 15.0 Å². The molecule has 3 rings (SSSR count). The number of fused-ring (bicyclic) bond motifs is 1. The monoisotopic (exact) mass is 276 g/mol. The van der Waals surface area contributed by atoms with Gasteiger partial charge in [0.1, 0.15) is 5.03 Å². The maximum atomic E-state index is 5.79. The molecule has 6 heteroatoms. The van der Waals surface area contributed by atoms with Crippen LogP contribution in [0.1, 0.15) is 0 Å². The van der Waals surface area contributed by atoms with Gasteiger partial charge >= 0.3 is 0 Å². The van der Waals surface area contributed by atoms with Crippen LogP contribution >= 0.6 is 23.4 Å². The van der Waals surface area contributed by atoms with Gasteiger partial charge in [0.05, 0.1) is 16.1 Å². The van der Waals surface area contributed by atoms with Crippen molar-refractivity contribution in [1.29, 1.82) is 0 Å². The lowest BCUT2D eigenvalue weighted by Gasteiger charge is -1.96. The average Bonchev–Trinajstić information content (AvgIpc) is 2.73. The zero-order valence-corrected chi connectivity index (χ0v) is 10.8. The number of nitrogens with one attached hydrogen (secondary N) is 1. The predicted octanol–water partition coefficient (Wildman–Crippen LogP) is 3.34. The lowest BCUT2D eigenvalue weighted by Crippen LogP contribution is -1.82. The number of nitrogens with zero attached hydrogens (tertiary/aromatic N) is 2. The van der Waals surface area contributed by atoms with Crippen LogP contribution in [0.3, 0.4) is 0 Å². The number of hydrogen-bond acceptors (Lipinski definition) is 4. The minimum atomic E-state index is 0.622. The third-order valence-electron chi connectivity index (χ3n) is 2.39. The summed E-state index contributed by atoms with van der Waals surface area (Å²) >= 11 is 7.24. The third kappa shape index (κ3) is 2.27. The summed E-state index contributed by atoms with van der Waals surface area (Å²) in [5.74, 6) is 0. The van der Waals surface area contributed by atoms with Crippen LogP contribution in [0.5, 0.6) is 0 Å². The van der Waals surface area contributed by atoms with Crippen LogP contribution in [-0.2, 0) is 0 Å². The minimum Gasteiger partial charge on any atom is -0.399 e. The highest BCUT2D eigenvalue weighted by Crippen LogP contribution is 2.26. The first-order valence-electron chi connectivity index (χ1n) is 5.25. The second kappa shape index (κ2) is 4.51. The average molecular weight is 277 g/mol. The molecule has 0 unspecified atom stereocenters. The van der Waals surface area contributed by atoms with E-state index in [1.807, 2.05) is 24.3 Å². The van der Waals surface area contributed by atoms with Crippen LogP contribution < -0.4 is 5.73 Å². The summed E-state index contributed by atoms with van der Waals surface area (Å²) < 4.78 is 0. The predicted molar refractivity (Wildman–Crippen MR) is 73.9 cm³/mol. The molecule has 0 spiro atoms. The van der Waals surface area contributed by atoms with Crippen molar-refractivity contribution < 1.29 is 0 Å². The Hall–Kier alpha value is -1.72. The van der Waals surface area contributed by atoms with Crippen molar-refractivity contribution in [2.24, 2.45) is 0 Å². The first kappa shape index (κ1) is 11.4. The smallest absolute Gasteiger partial charge is 0.172 e. The first-order valence-corrected chi connectivity index (χ1v) is 6.45. The van der Waals surface area contributed by atoms with E-state index in [-0.39, 0.29) is 0 Å². The van der Waals surface area contributed by atoms with Crippen molar-refractivity contribution in [2.45, 2.75) is 10.2 Å². The van der Waals surface area contributed by atoms with E-state index in [4.69, 9.17) is 17.3 Å². The highest BCUT2D eigenvalue weighted by molar-refractivity contribution is 7.99. The molecule has 0 fully saturated rings. The van der Waals surface area contributed by atoms with Gasteiger partial charge in [-0.1, -0.05) is 11.6 Å². The summed E-state index contributed by atoms with van der Waals surface area (Å²) in [7, 11) is 0. The van der Waals surface area contributed by atoms with Gasteiger partial charge < -0.3 is 10.7 Å². The molecule has 0 bridgehead atoms. The molecule has 2 heterocycles. The fraction of sp³-hybridized carbons (Fsp3) is 0. The van der Waals surface area contributed by atoms with E-state index in [9.17, 15) is 0 Å². The number of benzene rings is 1. The number of nitrogens with two attached hydrogens (primary N) is 1. The van der Waals surface area contributed by atoms with Crippen molar-refractivity contribution in [3.8, 4) is 0 Å². The van der Waals surface area contributed by atoms with E-state index < -0.39 is 0 Å². The van der Waals surface area contributed by atoms with Crippen LogP contribution in [0, 0.1) is 0 Å². The molecule has 3 N–H and O–H groups in total. The van der Waals surface area contributed by atoms with Gasteiger partial charge in [0, 0.05) is 11.9 Å². The highest BCUT2D eigenvalue weighted by Gasteiger charge is 2.05. The SMILES string of the molecule is Nc1ccc2nc(Sc3ccc(Cl)cn3)[nH]c2c1. The molecule has 0 radical (unpaired) electrons. The summed E-state index contributed by atoms with van der Waals surface area (Å²) in [6.45, 7) is 0. The van der Waals surface area contributed by atoms with E-state index in [1.165, 1.54) is 11.8 Å². The maximum absolute atomic E-state index is 5.79. The Morgan fingerprint density at radius 2 is 2.11 bits per heavy atom. The summed E-state index contributed by atoms with van der Waals surface area (Å²) in [4.78, 5) is 11.9. The lowest BCUT2D eigenvalue weighted by molar-refractivity contribution is 1.06. The molecule has 0 aliphatic rings. The molecule has 4 nitrogen and oxygen atoms in total. The van der Waals surface area contributed by atoms with Gasteiger partial charge in [-0.25, -0.2) is 9.97 Å². The minimum absolute atomic E-state index is 0.622. The van der Waals surface area contributed by atoms with Gasteiger partial charge in [0.2, 0.25) is 0 Å². The standard InChI is InChI=1S/C12H9ClN4S/c13-7-1-4-11(15-6-7)18-12-16-9-3-2-8(14)5-10(9)17-12/h1-6H,14H2,(H,16,17). The number of halogens is 1. The Bertz CT molecular complexity index is 693. The van der Waals surface area contributed by atoms with Gasteiger partial charge in [-0.05, 0) is 42.1 Å². The molecular weight excluding hydrogens is 268 g/mol. The van der Waals surface area contributed by atoms with Crippen molar-refractivity contribution in [2.75, 3.05) is 5.73 Å². The summed E-state index contributed by atoms with van der Waals surface area (Å²) in [5, 5.41) is 2.24. The molecule has 90 valence electrons. The Morgan fingerprint density at radius 1 is 1.22 bits per heavy atom. The molecule has 3 aromatic rings. The van der Waals surface area contributed by atoms with Crippen LogP contribution in [0.15, 0.2) is 46.7 Å². The zero-order valence-electron chi connectivity index (χ0n) is 9.22. The number of hydrogen-bond donors (Lipinski definition) is 2. The molecule has 1 aromatic carbocycles. The molecule has 0 saturated heterocycles. The van der Waals surface area contributed by atoms with E-state index in [0.29, 0.717) is 10.7 Å². The van der Waals surface area contributed by atoms with Gasteiger partial charge in [0.15, 0.2) is 5.16 Å². The number of rotatable bonds is 2. The van der Waals surface area contributed by atoms with E-state index in [0.717, 1.165) is 21.2 Å². The van der Waals surface area contributed by atoms with Gasteiger partial charge in [-0.3, -0.25) is 0 Å². The largest absolute Gasteiger partial charge is 0.399 e. The van der Waals surface area contributed by atoms with Crippen LogP contribution in [-0.4, -0.2) is 15.0 Å². The first-order chi connectivity index (χ1) is 8.70. The third-order valence-corrected chi connectivity index (χ3v) is 3.45. The summed E-state index contributed by atoms with van der Waals surface area (Å²) in [6.07, 6.45) is 1.62. The van der Waals surface area contributed by atoms with Crippen LogP contribution in [0.4, 0.5) is 5.69 Å². The number of H-pyrrole nitrogens is 1. The normalized spacial score (nSPS) is 10.9. The second-order valence-corrected chi connectivity index (χ2v) is 5.18. The highest BCUT2D eigenvalue weighted by atomic mass is 35.5. The molecule has 0 aliphatic carbocycles. The number of imidazole rings is 1. The summed E-state index contributed by atoms with van der Waals surface area (Å²) in [6, 6.07) is 9.24. The quantitative estimate of drug-likeness (QED) is 0.705. The fourth-order valence-electron chi connectivity index (χ4n) is 1.57. The number of aromatic nitrogens is 3. The fourth-order valence-corrected chi connectivity index (χ4v) is 2.43. The summed E-state index contributed by atoms with van der Waals surface area (Å²) in [5.41, 5.74) is 8.25. The Morgan fingerprint density at radius 3 is 2.89 bits per heavy atom. The molecular formula is C12H9ClN4S. The van der Waals surface area contributed by atoms with E-state index in [1.54, 1.807) is 12.3 Å². The number of pyridine rings is 1. The Balaban J connectivity index is 1.92. The number of aromatic amines is 1. The Labute approximate surface area is 113 Å². The molecule has 0 amide bonds. The van der Waals surface area contributed by atoms with Crippen LogP contribution in [0.25, 0.3) is 11.0 Å². The van der Waals surface area contributed by atoms with Crippen molar-refractivity contribution in [1.82, 2.24) is 15.0 Å². The van der Waals surface area contributed by atoms with Gasteiger partial charge in [0.25, 0.3) is 0 Å². The second-order valence-electron chi connectivity index (χ2n) is 3.74. The Kier molecular flexibility index (Phi) is 2.85. The van der Waals surface area contributed by atoms with Crippen molar-refractivity contribution >= 4 is 40.1 Å². The molecule has 18 heavy (non-hydrogen) atoms. The van der Waals surface area contributed by atoms with Crippen molar-refractivity contribution in [3.05, 3.63) is 41.6 Å². The molecule has 0 atom stereocenters. The van der Waals surface area contributed by atoms with E-state index >= 15 is 0 Å². The lowest BCUT2D eigenvalue weighted by atomic mass is 10.3. The molecule has 0 aliphatic heterocycles. The molecule has 2 aromatic heterocycles.